The third-order valence-corrected chi connectivity index (χ3v) is 6.54. The molecule has 24 heavy (non-hydrogen) atoms. The van der Waals surface area contributed by atoms with Gasteiger partial charge in [0.1, 0.15) is 5.25 Å². The normalized spacial score (nSPS) is 18.4. The van der Waals surface area contributed by atoms with E-state index in [-0.39, 0.29) is 23.1 Å². The SMILES string of the molecule is CC(C)(C)c1cc(CNC(=O)C(C)(C)[S+]([O-])C2CCOCC2)on1. The summed E-state index contributed by atoms with van der Waals surface area (Å²) in [5.41, 5.74) is 0.743. The lowest BCUT2D eigenvalue weighted by Crippen LogP contribution is -2.52. The summed E-state index contributed by atoms with van der Waals surface area (Å²) in [6.45, 7) is 11.1. The number of hydrogen-bond acceptors (Lipinski definition) is 5. The maximum absolute atomic E-state index is 12.8. The van der Waals surface area contributed by atoms with E-state index in [0.717, 1.165) is 18.5 Å². The van der Waals surface area contributed by atoms with Crippen molar-refractivity contribution in [1.82, 2.24) is 10.5 Å². The number of hydrogen-bond donors (Lipinski definition) is 1. The first-order chi connectivity index (χ1) is 11.1. The van der Waals surface area contributed by atoms with Crippen LogP contribution in [0.5, 0.6) is 0 Å². The number of amides is 1. The van der Waals surface area contributed by atoms with Crippen LogP contribution in [0.4, 0.5) is 0 Å². The van der Waals surface area contributed by atoms with Gasteiger partial charge in [0.25, 0.3) is 5.91 Å². The molecule has 0 bridgehead atoms. The van der Waals surface area contributed by atoms with Crippen LogP contribution in [0.2, 0.25) is 0 Å². The predicted octanol–water partition coefficient (Wildman–Crippen LogP) is 2.29. The van der Waals surface area contributed by atoms with Gasteiger partial charge in [0.05, 0.1) is 25.5 Å². The minimum absolute atomic E-state index is 0.0114. The highest BCUT2D eigenvalue weighted by Crippen LogP contribution is 2.28. The van der Waals surface area contributed by atoms with Crippen molar-refractivity contribution in [3.8, 4) is 0 Å². The summed E-state index contributed by atoms with van der Waals surface area (Å²) in [6.07, 6.45) is 1.47. The molecule has 1 N–H and O–H groups in total. The molecule has 0 aromatic carbocycles. The van der Waals surface area contributed by atoms with Gasteiger partial charge in [-0.2, -0.15) is 0 Å². The van der Waals surface area contributed by atoms with Gasteiger partial charge >= 0.3 is 0 Å². The zero-order valence-electron chi connectivity index (χ0n) is 15.2. The molecular formula is C17H28N2O4S. The van der Waals surface area contributed by atoms with Crippen molar-refractivity contribution in [3.63, 3.8) is 0 Å². The standard InChI is InChI=1S/C17H28N2O4S/c1-16(2,3)14-10-12(23-19-14)11-18-15(20)17(4,5)24(21)13-6-8-22-9-7-13/h10,13H,6-9,11H2,1-5H3,(H,18,20). The quantitative estimate of drug-likeness (QED) is 0.818. The molecule has 136 valence electrons. The first-order valence-corrected chi connectivity index (χ1v) is 9.56. The molecule has 6 nitrogen and oxygen atoms in total. The average Bonchev–Trinajstić information content (AvgIpc) is 3.01. The van der Waals surface area contributed by atoms with Crippen LogP contribution in [-0.2, 0) is 32.7 Å². The Morgan fingerprint density at radius 2 is 1.96 bits per heavy atom. The molecule has 0 aliphatic carbocycles. The molecular weight excluding hydrogens is 328 g/mol. The fourth-order valence-corrected chi connectivity index (χ4v) is 4.24. The minimum Gasteiger partial charge on any atom is -0.615 e. The number of nitrogens with one attached hydrogen (secondary N) is 1. The van der Waals surface area contributed by atoms with Gasteiger partial charge in [-0.05, 0) is 25.0 Å². The summed E-state index contributed by atoms with van der Waals surface area (Å²) in [6, 6.07) is 1.85. The molecule has 2 heterocycles. The molecule has 1 aliphatic heterocycles. The van der Waals surface area contributed by atoms with Gasteiger partial charge < -0.3 is 19.1 Å². The lowest BCUT2D eigenvalue weighted by molar-refractivity contribution is -0.123. The predicted molar refractivity (Wildman–Crippen MR) is 93.1 cm³/mol. The second kappa shape index (κ2) is 7.45. The fourth-order valence-electron chi connectivity index (χ4n) is 2.53. The van der Waals surface area contributed by atoms with Crippen LogP contribution >= 0.6 is 0 Å². The van der Waals surface area contributed by atoms with Crippen LogP contribution < -0.4 is 5.32 Å². The van der Waals surface area contributed by atoms with Crippen LogP contribution in [0, 0.1) is 0 Å². The molecule has 1 atom stereocenters. The van der Waals surface area contributed by atoms with Gasteiger partial charge in [-0.3, -0.25) is 4.79 Å². The van der Waals surface area contributed by atoms with E-state index in [0.29, 0.717) is 19.0 Å². The Morgan fingerprint density at radius 3 is 2.50 bits per heavy atom. The Morgan fingerprint density at radius 1 is 1.33 bits per heavy atom. The van der Waals surface area contributed by atoms with Crippen LogP contribution in [0.1, 0.15) is 58.9 Å². The summed E-state index contributed by atoms with van der Waals surface area (Å²) < 4.78 is 22.4. The number of rotatable bonds is 5. The molecule has 1 fully saturated rings. The highest BCUT2D eigenvalue weighted by Gasteiger charge is 2.44. The van der Waals surface area contributed by atoms with Crippen LogP contribution in [0.3, 0.4) is 0 Å². The Kier molecular flexibility index (Phi) is 5.99. The van der Waals surface area contributed by atoms with Crippen LogP contribution in [0.25, 0.3) is 0 Å². The van der Waals surface area contributed by atoms with Crippen LogP contribution in [0.15, 0.2) is 10.6 Å². The van der Waals surface area contributed by atoms with E-state index in [2.05, 4.69) is 10.5 Å². The largest absolute Gasteiger partial charge is 0.615 e. The van der Waals surface area contributed by atoms with E-state index >= 15 is 0 Å². The van der Waals surface area contributed by atoms with E-state index in [9.17, 15) is 9.35 Å². The zero-order valence-corrected chi connectivity index (χ0v) is 16.0. The average molecular weight is 356 g/mol. The first-order valence-electron chi connectivity index (χ1n) is 8.35. The minimum atomic E-state index is -1.25. The van der Waals surface area contributed by atoms with Crippen molar-refractivity contribution in [2.24, 2.45) is 0 Å². The Bertz CT molecular complexity index is 559. The monoisotopic (exact) mass is 356 g/mol. The molecule has 0 radical (unpaired) electrons. The van der Waals surface area contributed by atoms with Gasteiger partial charge in [0, 0.05) is 24.3 Å². The van der Waals surface area contributed by atoms with Crippen molar-refractivity contribution >= 4 is 17.1 Å². The van der Waals surface area contributed by atoms with Crippen molar-refractivity contribution in [2.45, 2.75) is 69.4 Å². The van der Waals surface area contributed by atoms with Gasteiger partial charge in [-0.25, -0.2) is 0 Å². The summed E-state index contributed by atoms with van der Waals surface area (Å²) in [4.78, 5) is 12.5. The second-order valence-electron chi connectivity index (χ2n) is 7.73. The molecule has 1 aromatic rings. The number of aromatic nitrogens is 1. The molecule has 1 amide bonds. The van der Waals surface area contributed by atoms with Crippen molar-refractivity contribution < 1.29 is 18.6 Å². The zero-order chi connectivity index (χ0) is 18.0. The van der Waals surface area contributed by atoms with E-state index in [1.165, 1.54) is 0 Å². The van der Waals surface area contributed by atoms with E-state index in [4.69, 9.17) is 9.26 Å². The highest BCUT2D eigenvalue weighted by atomic mass is 32.2. The number of ether oxygens (including phenoxy) is 1. The van der Waals surface area contributed by atoms with Crippen LogP contribution in [-0.4, -0.2) is 38.8 Å². The van der Waals surface area contributed by atoms with Crippen molar-refractivity contribution in [3.05, 3.63) is 17.5 Å². The third-order valence-electron chi connectivity index (χ3n) is 4.27. The Hall–Kier alpha value is -1.05. The summed E-state index contributed by atoms with van der Waals surface area (Å²) >= 11 is -1.25. The summed E-state index contributed by atoms with van der Waals surface area (Å²) in [5, 5.41) is 6.87. The highest BCUT2D eigenvalue weighted by molar-refractivity contribution is 7.94. The Labute approximate surface area is 146 Å². The van der Waals surface area contributed by atoms with E-state index in [1.54, 1.807) is 13.8 Å². The second-order valence-corrected chi connectivity index (χ2v) is 10.0. The van der Waals surface area contributed by atoms with Gasteiger partial charge in [0.15, 0.2) is 10.5 Å². The Balaban J connectivity index is 1.93. The topological polar surface area (TPSA) is 87.4 Å². The first kappa shape index (κ1) is 19.3. The molecule has 7 heteroatoms. The van der Waals surface area contributed by atoms with Gasteiger partial charge in [0.2, 0.25) is 0 Å². The molecule has 1 aliphatic rings. The van der Waals surface area contributed by atoms with Gasteiger partial charge in [-0.1, -0.05) is 25.9 Å². The third kappa shape index (κ3) is 4.52. The molecule has 0 spiro atoms. The number of carbonyl (C=O) groups excluding carboxylic acids is 1. The fraction of sp³-hybridized carbons (Fsp3) is 0.765. The molecule has 1 unspecified atom stereocenters. The van der Waals surface area contributed by atoms with Crippen molar-refractivity contribution in [2.75, 3.05) is 13.2 Å². The number of carbonyl (C=O) groups is 1. The summed E-state index contributed by atoms with van der Waals surface area (Å²) in [5.74, 6) is 0.363. The summed E-state index contributed by atoms with van der Waals surface area (Å²) in [7, 11) is 0. The lowest BCUT2D eigenvalue weighted by Gasteiger charge is -2.34. The van der Waals surface area contributed by atoms with E-state index in [1.807, 2.05) is 26.8 Å². The maximum atomic E-state index is 12.8. The lowest BCUT2D eigenvalue weighted by atomic mass is 9.92. The maximum Gasteiger partial charge on any atom is 0.275 e. The molecule has 1 saturated heterocycles. The number of nitrogens with zero attached hydrogens (tertiary/aromatic N) is 1. The molecule has 2 rings (SSSR count). The smallest absolute Gasteiger partial charge is 0.275 e. The molecule has 0 saturated carbocycles. The van der Waals surface area contributed by atoms with Crippen molar-refractivity contribution in [1.29, 1.82) is 0 Å². The molecule has 1 aromatic heterocycles. The van der Waals surface area contributed by atoms with E-state index < -0.39 is 15.9 Å². The van der Waals surface area contributed by atoms with Gasteiger partial charge in [-0.15, -0.1) is 0 Å².